The summed E-state index contributed by atoms with van der Waals surface area (Å²) in [6, 6.07) is 4.58. The van der Waals surface area contributed by atoms with Gasteiger partial charge in [0.25, 0.3) is 0 Å². The zero-order valence-electron chi connectivity index (χ0n) is 19.8. The summed E-state index contributed by atoms with van der Waals surface area (Å²) in [4.78, 5) is 41.7. The summed E-state index contributed by atoms with van der Waals surface area (Å²) in [6.45, 7) is 3.39. The first-order valence-corrected chi connectivity index (χ1v) is 12.2. The Bertz CT molecular complexity index is 920. The van der Waals surface area contributed by atoms with E-state index in [0.29, 0.717) is 76.4 Å². The molecule has 3 saturated heterocycles. The van der Waals surface area contributed by atoms with Crippen molar-refractivity contribution < 1.29 is 28.2 Å². The van der Waals surface area contributed by atoms with Crippen molar-refractivity contribution >= 4 is 17.7 Å². The van der Waals surface area contributed by atoms with Crippen molar-refractivity contribution in [3.8, 4) is 5.75 Å². The Kier molecular flexibility index (Phi) is 7.70. The molecule has 3 aliphatic rings. The number of ether oxygens (including phenoxy) is 2. The number of morpholine rings is 1. The Balaban J connectivity index is 1.38. The van der Waals surface area contributed by atoms with E-state index in [1.165, 1.54) is 13.2 Å². The Morgan fingerprint density at radius 3 is 2.74 bits per heavy atom. The van der Waals surface area contributed by atoms with E-state index in [2.05, 4.69) is 5.32 Å². The number of nitrogens with one attached hydrogen (secondary N) is 1. The number of likely N-dealkylation sites (tertiary alicyclic amines) is 1. The van der Waals surface area contributed by atoms with Crippen LogP contribution in [0.1, 0.15) is 44.1 Å². The molecule has 1 aromatic rings. The molecule has 9 heteroatoms. The summed E-state index contributed by atoms with van der Waals surface area (Å²) in [5, 5.41) is 3.02. The molecule has 0 aromatic heterocycles. The fourth-order valence-electron chi connectivity index (χ4n) is 5.31. The van der Waals surface area contributed by atoms with Gasteiger partial charge in [0, 0.05) is 44.6 Å². The van der Waals surface area contributed by atoms with Gasteiger partial charge in [-0.2, -0.15) is 0 Å². The number of hydrogen-bond donors (Lipinski definition) is 1. The summed E-state index contributed by atoms with van der Waals surface area (Å²) in [7, 11) is 1.53. The van der Waals surface area contributed by atoms with E-state index < -0.39 is 5.54 Å². The van der Waals surface area contributed by atoms with Crippen LogP contribution in [0.3, 0.4) is 0 Å². The van der Waals surface area contributed by atoms with E-state index >= 15 is 0 Å². The second-order valence-electron chi connectivity index (χ2n) is 9.58. The molecule has 8 nitrogen and oxygen atoms in total. The van der Waals surface area contributed by atoms with Gasteiger partial charge in [-0.1, -0.05) is 0 Å². The molecule has 3 heterocycles. The van der Waals surface area contributed by atoms with E-state index in [1.807, 2.05) is 4.90 Å². The molecule has 3 fully saturated rings. The molecular formula is C25H34FN3O5. The van der Waals surface area contributed by atoms with E-state index in [1.54, 1.807) is 17.0 Å². The third-order valence-electron chi connectivity index (χ3n) is 7.28. The molecular weight excluding hydrogens is 441 g/mol. The van der Waals surface area contributed by atoms with E-state index in [9.17, 15) is 18.8 Å². The SMILES string of the molecule is COc1ccc(F)c(C[C@]2(CCC(=O)N3CCC[C@H](C(=O)N4CCOCC4)C3)CCC(=O)N2)c1. The molecule has 1 aromatic carbocycles. The second kappa shape index (κ2) is 10.7. The van der Waals surface area contributed by atoms with Crippen molar-refractivity contribution in [2.75, 3.05) is 46.5 Å². The Hall–Kier alpha value is -2.68. The number of nitrogens with zero attached hydrogens (tertiary/aromatic N) is 2. The first-order chi connectivity index (χ1) is 16.4. The van der Waals surface area contributed by atoms with Gasteiger partial charge in [0.05, 0.1) is 26.2 Å². The van der Waals surface area contributed by atoms with E-state index in [4.69, 9.17) is 9.47 Å². The van der Waals surface area contributed by atoms with Crippen LogP contribution in [0.2, 0.25) is 0 Å². The smallest absolute Gasteiger partial charge is 0.227 e. The van der Waals surface area contributed by atoms with Crippen molar-refractivity contribution in [3.05, 3.63) is 29.6 Å². The van der Waals surface area contributed by atoms with Crippen LogP contribution in [0.15, 0.2) is 18.2 Å². The van der Waals surface area contributed by atoms with Crippen LogP contribution < -0.4 is 10.1 Å². The summed E-state index contributed by atoms with van der Waals surface area (Å²) >= 11 is 0. The van der Waals surface area contributed by atoms with Gasteiger partial charge in [-0.25, -0.2) is 4.39 Å². The first kappa shape index (κ1) is 24.4. The van der Waals surface area contributed by atoms with Crippen molar-refractivity contribution in [1.29, 1.82) is 0 Å². The number of carbonyl (C=O) groups excluding carboxylic acids is 3. The maximum Gasteiger partial charge on any atom is 0.227 e. The predicted molar refractivity (Wildman–Crippen MR) is 123 cm³/mol. The zero-order valence-corrected chi connectivity index (χ0v) is 19.8. The molecule has 3 aliphatic heterocycles. The van der Waals surface area contributed by atoms with Crippen LogP contribution in [-0.2, 0) is 25.5 Å². The summed E-state index contributed by atoms with van der Waals surface area (Å²) in [6.07, 6.45) is 3.45. The number of methoxy groups -OCH3 is 1. The van der Waals surface area contributed by atoms with Gasteiger partial charge >= 0.3 is 0 Å². The Morgan fingerprint density at radius 1 is 1.24 bits per heavy atom. The van der Waals surface area contributed by atoms with Crippen LogP contribution in [0, 0.1) is 11.7 Å². The summed E-state index contributed by atoms with van der Waals surface area (Å²) in [5.74, 6) is 0.0241. The second-order valence-corrected chi connectivity index (χ2v) is 9.58. The van der Waals surface area contributed by atoms with Crippen molar-refractivity contribution in [2.45, 2.75) is 50.5 Å². The van der Waals surface area contributed by atoms with Crippen LogP contribution in [0.25, 0.3) is 0 Å². The maximum atomic E-state index is 14.5. The van der Waals surface area contributed by atoms with Crippen molar-refractivity contribution in [3.63, 3.8) is 0 Å². The fraction of sp³-hybridized carbons (Fsp3) is 0.640. The lowest BCUT2D eigenvalue weighted by Crippen LogP contribution is -2.50. The number of benzene rings is 1. The third kappa shape index (κ3) is 5.68. The maximum absolute atomic E-state index is 14.5. The number of rotatable bonds is 7. The highest BCUT2D eigenvalue weighted by Gasteiger charge is 2.39. The minimum Gasteiger partial charge on any atom is -0.497 e. The summed E-state index contributed by atoms with van der Waals surface area (Å²) in [5.41, 5.74) is -0.207. The molecule has 3 amide bonds. The number of carbonyl (C=O) groups is 3. The highest BCUT2D eigenvalue weighted by Crippen LogP contribution is 2.32. The first-order valence-electron chi connectivity index (χ1n) is 12.2. The Morgan fingerprint density at radius 2 is 2.03 bits per heavy atom. The topological polar surface area (TPSA) is 88.2 Å². The number of piperidine rings is 1. The van der Waals surface area contributed by atoms with Gasteiger partial charge in [0.1, 0.15) is 11.6 Å². The van der Waals surface area contributed by atoms with E-state index in [0.717, 1.165) is 12.8 Å². The van der Waals surface area contributed by atoms with Gasteiger partial charge in [-0.15, -0.1) is 0 Å². The van der Waals surface area contributed by atoms with Gasteiger partial charge in [0.15, 0.2) is 0 Å². The highest BCUT2D eigenvalue weighted by molar-refractivity contribution is 5.82. The normalized spacial score (nSPS) is 25.2. The molecule has 0 spiro atoms. The van der Waals surface area contributed by atoms with Crippen LogP contribution in [-0.4, -0.2) is 79.6 Å². The fourth-order valence-corrected chi connectivity index (χ4v) is 5.31. The van der Waals surface area contributed by atoms with Crippen LogP contribution in [0.5, 0.6) is 5.75 Å². The molecule has 4 rings (SSSR count). The van der Waals surface area contributed by atoms with Gasteiger partial charge in [-0.3, -0.25) is 14.4 Å². The minimum atomic E-state index is -0.668. The average Bonchev–Trinajstić information content (AvgIpc) is 3.24. The molecule has 34 heavy (non-hydrogen) atoms. The van der Waals surface area contributed by atoms with E-state index in [-0.39, 0.29) is 35.9 Å². The number of halogens is 1. The van der Waals surface area contributed by atoms with Gasteiger partial charge in [0.2, 0.25) is 17.7 Å². The molecule has 0 saturated carbocycles. The zero-order chi connectivity index (χ0) is 24.1. The molecule has 0 aliphatic carbocycles. The molecule has 2 atom stereocenters. The third-order valence-corrected chi connectivity index (χ3v) is 7.28. The monoisotopic (exact) mass is 475 g/mol. The standard InChI is InChI=1S/C25H34FN3O5/c1-33-20-4-5-21(26)19(15-20)16-25(8-6-22(30)27-25)9-7-23(31)29-10-2-3-18(17-29)24(32)28-11-13-34-14-12-28/h4-5,15,18H,2-3,6-14,16-17H2,1H3,(H,27,30)/t18-,25+/m0/s1. The molecule has 0 unspecified atom stereocenters. The highest BCUT2D eigenvalue weighted by atomic mass is 19.1. The van der Waals surface area contributed by atoms with Crippen LogP contribution >= 0.6 is 0 Å². The van der Waals surface area contributed by atoms with Crippen LogP contribution in [0.4, 0.5) is 4.39 Å². The lowest BCUT2D eigenvalue weighted by Gasteiger charge is -2.37. The lowest BCUT2D eigenvalue weighted by molar-refractivity contribution is -0.144. The van der Waals surface area contributed by atoms with Crippen molar-refractivity contribution in [1.82, 2.24) is 15.1 Å². The molecule has 0 bridgehead atoms. The van der Waals surface area contributed by atoms with Gasteiger partial charge < -0.3 is 24.6 Å². The average molecular weight is 476 g/mol. The minimum absolute atomic E-state index is 0.0221. The molecule has 0 radical (unpaired) electrons. The number of amides is 3. The summed E-state index contributed by atoms with van der Waals surface area (Å²) < 4.78 is 25.1. The molecule has 1 N–H and O–H groups in total. The predicted octanol–water partition coefficient (Wildman–Crippen LogP) is 1.90. The quantitative estimate of drug-likeness (QED) is 0.651. The number of hydrogen-bond acceptors (Lipinski definition) is 5. The molecule has 186 valence electrons. The largest absolute Gasteiger partial charge is 0.497 e. The Labute approximate surface area is 199 Å². The lowest BCUT2D eigenvalue weighted by atomic mass is 9.84. The van der Waals surface area contributed by atoms with Crippen molar-refractivity contribution in [2.24, 2.45) is 5.92 Å². The van der Waals surface area contributed by atoms with Gasteiger partial charge in [-0.05, 0) is 55.9 Å².